The first-order valence-electron chi connectivity index (χ1n) is 10.3. The molecule has 0 aliphatic heterocycles. The normalized spacial score (nSPS) is 11.2. The van der Waals surface area contributed by atoms with Crippen LogP contribution in [0, 0.1) is 10.1 Å². The first-order valence-corrected chi connectivity index (χ1v) is 11.5. The van der Waals surface area contributed by atoms with Crippen LogP contribution in [0.2, 0.25) is 5.02 Å². The zero-order chi connectivity index (χ0) is 24.4. The van der Waals surface area contributed by atoms with Gasteiger partial charge in [0.2, 0.25) is 5.13 Å². The molecule has 0 aliphatic carbocycles. The fourth-order valence-corrected chi connectivity index (χ4v) is 4.32. The summed E-state index contributed by atoms with van der Waals surface area (Å²) in [5, 5.41) is 25.1. The average molecular weight is 503 g/mol. The van der Waals surface area contributed by atoms with Crippen molar-refractivity contribution in [2.24, 2.45) is 10.2 Å². The number of nitrogens with zero attached hydrogens (tertiary/aromatic N) is 5. The highest BCUT2D eigenvalue weighted by atomic mass is 35.5. The number of azo groups is 1. The van der Waals surface area contributed by atoms with Crippen molar-refractivity contribution in [1.29, 1.82) is 0 Å². The average Bonchev–Trinajstić information content (AvgIpc) is 3.49. The number of nitro benzene ring substituents is 1. The summed E-state index contributed by atoms with van der Waals surface area (Å²) in [6.07, 6.45) is 0. The molecule has 2 aromatic heterocycles. The van der Waals surface area contributed by atoms with Crippen LogP contribution in [0.3, 0.4) is 0 Å². The minimum atomic E-state index is -0.490. The van der Waals surface area contributed by atoms with Gasteiger partial charge in [0, 0.05) is 28.6 Å². The van der Waals surface area contributed by atoms with Crippen LogP contribution in [-0.4, -0.2) is 19.7 Å². The number of non-ortho nitro benzene ring substituents is 1. The van der Waals surface area contributed by atoms with Crippen molar-refractivity contribution in [1.82, 2.24) is 14.8 Å². The van der Waals surface area contributed by atoms with E-state index in [0.29, 0.717) is 27.1 Å². The van der Waals surface area contributed by atoms with E-state index in [1.807, 2.05) is 35.7 Å². The predicted octanol–water partition coefficient (Wildman–Crippen LogP) is 6.93. The van der Waals surface area contributed by atoms with Gasteiger partial charge in [0.1, 0.15) is 5.69 Å². The van der Waals surface area contributed by atoms with E-state index < -0.39 is 10.5 Å². The van der Waals surface area contributed by atoms with Crippen LogP contribution in [0.25, 0.3) is 27.6 Å². The molecule has 0 fully saturated rings. The lowest BCUT2D eigenvalue weighted by Gasteiger charge is -2.00. The SMILES string of the molecule is O=c1c(N=Nc2ccccc2Cl)c(-c2ccc([N+](=O)[O-])cc2)[nH]n1-c1nc(-c2ccccc2)cs1. The van der Waals surface area contributed by atoms with Gasteiger partial charge in [-0.2, -0.15) is 4.68 Å². The summed E-state index contributed by atoms with van der Waals surface area (Å²) in [6.45, 7) is 0. The van der Waals surface area contributed by atoms with Crippen LogP contribution < -0.4 is 5.56 Å². The van der Waals surface area contributed by atoms with E-state index in [-0.39, 0.29) is 11.4 Å². The summed E-state index contributed by atoms with van der Waals surface area (Å²) in [7, 11) is 0. The lowest BCUT2D eigenvalue weighted by molar-refractivity contribution is -0.384. The van der Waals surface area contributed by atoms with Crippen LogP contribution in [0.4, 0.5) is 17.1 Å². The quantitative estimate of drug-likeness (QED) is 0.154. The number of halogens is 1. The number of thiazole rings is 1. The number of hydrogen-bond acceptors (Lipinski definition) is 7. The molecule has 0 aliphatic rings. The van der Waals surface area contributed by atoms with Crippen LogP contribution in [0.15, 0.2) is 99.3 Å². The molecule has 2 heterocycles. The predicted molar refractivity (Wildman–Crippen MR) is 135 cm³/mol. The molecule has 35 heavy (non-hydrogen) atoms. The molecule has 0 bridgehead atoms. The molecule has 0 saturated carbocycles. The number of aromatic nitrogens is 3. The molecule has 3 aromatic carbocycles. The summed E-state index contributed by atoms with van der Waals surface area (Å²) in [5.74, 6) is 0. The van der Waals surface area contributed by atoms with Gasteiger partial charge in [-0.05, 0) is 24.3 Å². The summed E-state index contributed by atoms with van der Waals surface area (Å²) in [6, 6.07) is 22.3. The third-order valence-electron chi connectivity index (χ3n) is 5.10. The first-order chi connectivity index (χ1) is 17.0. The van der Waals surface area contributed by atoms with Crippen molar-refractivity contribution in [3.63, 3.8) is 0 Å². The molecule has 5 aromatic rings. The molecule has 11 heteroatoms. The number of H-pyrrole nitrogens is 1. The smallest absolute Gasteiger partial charge is 0.286 e. The van der Waals surface area contributed by atoms with Crippen LogP contribution in [0.5, 0.6) is 0 Å². The van der Waals surface area contributed by atoms with Gasteiger partial charge < -0.3 is 0 Å². The van der Waals surface area contributed by atoms with Gasteiger partial charge in [0.05, 0.1) is 21.3 Å². The topological polar surface area (TPSA) is 119 Å². The molecule has 0 unspecified atom stereocenters. The van der Waals surface area contributed by atoms with Gasteiger partial charge in [0.15, 0.2) is 5.69 Å². The van der Waals surface area contributed by atoms with Gasteiger partial charge in [-0.25, -0.2) is 4.98 Å². The van der Waals surface area contributed by atoms with E-state index in [4.69, 9.17) is 11.6 Å². The number of rotatable bonds is 6. The van der Waals surface area contributed by atoms with E-state index in [9.17, 15) is 14.9 Å². The minimum absolute atomic E-state index is 0.0234. The lowest BCUT2D eigenvalue weighted by Crippen LogP contribution is -2.13. The number of nitrogens with one attached hydrogen (secondary N) is 1. The highest BCUT2D eigenvalue weighted by Crippen LogP contribution is 2.32. The Labute approximate surface area is 207 Å². The zero-order valence-electron chi connectivity index (χ0n) is 17.8. The van der Waals surface area contributed by atoms with E-state index in [0.717, 1.165) is 11.3 Å². The van der Waals surface area contributed by atoms with Crippen LogP contribution >= 0.6 is 22.9 Å². The van der Waals surface area contributed by atoms with Gasteiger partial charge >= 0.3 is 5.56 Å². The molecule has 0 amide bonds. The molecule has 9 nitrogen and oxygen atoms in total. The molecule has 0 spiro atoms. The summed E-state index contributed by atoms with van der Waals surface area (Å²) >= 11 is 7.47. The molecule has 0 atom stereocenters. The summed E-state index contributed by atoms with van der Waals surface area (Å²) in [5.41, 5.74) is 2.40. The number of hydrogen-bond donors (Lipinski definition) is 1. The van der Waals surface area contributed by atoms with E-state index in [1.54, 1.807) is 36.4 Å². The monoisotopic (exact) mass is 502 g/mol. The van der Waals surface area contributed by atoms with Crippen LogP contribution in [0.1, 0.15) is 0 Å². The third kappa shape index (κ3) is 4.52. The van der Waals surface area contributed by atoms with E-state index in [2.05, 4.69) is 20.3 Å². The Morgan fingerprint density at radius 2 is 1.66 bits per heavy atom. The van der Waals surface area contributed by atoms with E-state index >= 15 is 0 Å². The van der Waals surface area contributed by atoms with Crippen molar-refractivity contribution in [3.8, 4) is 27.6 Å². The Balaban J connectivity index is 1.62. The molecule has 5 rings (SSSR count). The maximum Gasteiger partial charge on any atom is 0.301 e. The molecule has 172 valence electrons. The van der Waals surface area contributed by atoms with Crippen molar-refractivity contribution >= 4 is 40.0 Å². The molecular formula is C24H15ClN6O3S. The Morgan fingerprint density at radius 3 is 2.37 bits per heavy atom. The van der Waals surface area contributed by atoms with Crippen LogP contribution in [-0.2, 0) is 0 Å². The second-order valence-corrected chi connectivity index (χ2v) is 8.56. The molecule has 0 saturated heterocycles. The molecule has 1 N–H and O–H groups in total. The van der Waals surface area contributed by atoms with Crippen molar-refractivity contribution in [2.75, 3.05) is 0 Å². The van der Waals surface area contributed by atoms with Gasteiger partial charge in [-0.3, -0.25) is 20.0 Å². The summed E-state index contributed by atoms with van der Waals surface area (Å²) < 4.78 is 1.29. The highest BCUT2D eigenvalue weighted by molar-refractivity contribution is 7.12. The Kier molecular flexibility index (Phi) is 6.04. The lowest BCUT2D eigenvalue weighted by atomic mass is 10.1. The third-order valence-corrected chi connectivity index (χ3v) is 6.24. The van der Waals surface area contributed by atoms with Gasteiger partial charge in [-0.1, -0.05) is 54.1 Å². The number of nitro groups is 1. The Morgan fingerprint density at radius 1 is 0.943 bits per heavy atom. The largest absolute Gasteiger partial charge is 0.301 e. The van der Waals surface area contributed by atoms with E-state index in [1.165, 1.54) is 28.2 Å². The van der Waals surface area contributed by atoms with Crippen molar-refractivity contribution < 1.29 is 4.92 Å². The van der Waals surface area contributed by atoms with Crippen molar-refractivity contribution in [3.05, 3.63) is 110 Å². The number of aromatic amines is 1. The fraction of sp³-hybridized carbons (Fsp3) is 0. The highest BCUT2D eigenvalue weighted by Gasteiger charge is 2.20. The van der Waals surface area contributed by atoms with Crippen molar-refractivity contribution in [2.45, 2.75) is 0 Å². The standard InChI is InChI=1S/C24H15ClN6O3S/c25-18-8-4-5-9-19(18)27-28-22-21(16-10-12-17(13-11-16)31(33)34)29-30(23(22)32)24-26-20(14-35-24)15-6-2-1-3-7-15/h1-14,29H. The Bertz CT molecular complexity index is 1610. The first kappa shape index (κ1) is 22.4. The van der Waals surface area contributed by atoms with Gasteiger partial charge in [-0.15, -0.1) is 21.6 Å². The minimum Gasteiger partial charge on any atom is -0.286 e. The maximum atomic E-state index is 13.4. The Hall–Kier alpha value is -4.41. The number of benzene rings is 3. The summed E-state index contributed by atoms with van der Waals surface area (Å²) in [4.78, 5) is 28.6. The zero-order valence-corrected chi connectivity index (χ0v) is 19.4. The van der Waals surface area contributed by atoms with Gasteiger partial charge in [0.25, 0.3) is 5.69 Å². The second-order valence-electron chi connectivity index (χ2n) is 7.31. The maximum absolute atomic E-state index is 13.4. The second kappa shape index (κ2) is 9.45. The fourth-order valence-electron chi connectivity index (χ4n) is 3.35. The molecular weight excluding hydrogens is 488 g/mol. The molecule has 0 radical (unpaired) electrons.